The number of likely N-dealkylation sites (tertiary alicyclic amines) is 1. The number of pyridine rings is 1. The molecule has 0 bridgehead atoms. The van der Waals surface area contributed by atoms with E-state index in [-0.39, 0.29) is 11.9 Å². The zero-order valence-corrected chi connectivity index (χ0v) is 14.2. The van der Waals surface area contributed by atoms with Crippen LogP contribution in [0.5, 0.6) is 0 Å². The highest BCUT2D eigenvalue weighted by Crippen LogP contribution is 2.34. The van der Waals surface area contributed by atoms with Crippen molar-refractivity contribution in [3.8, 4) is 0 Å². The Hall–Kier alpha value is -2.76. The zero-order valence-electron chi connectivity index (χ0n) is 14.2. The number of nitrogens with zero attached hydrogens (tertiary/aromatic N) is 5. The fourth-order valence-electron chi connectivity index (χ4n) is 3.93. The van der Waals surface area contributed by atoms with E-state index in [2.05, 4.69) is 46.7 Å². The van der Waals surface area contributed by atoms with Gasteiger partial charge in [0.05, 0.1) is 5.56 Å². The fourth-order valence-corrected chi connectivity index (χ4v) is 3.93. The Morgan fingerprint density at radius 2 is 2.08 bits per heavy atom. The van der Waals surface area contributed by atoms with Gasteiger partial charge in [-0.25, -0.2) is 0 Å². The predicted molar refractivity (Wildman–Crippen MR) is 94.3 cm³/mol. The normalized spacial score (nSPS) is 18.6. The van der Waals surface area contributed by atoms with Gasteiger partial charge in [0.25, 0.3) is 5.91 Å². The molecule has 6 heteroatoms. The summed E-state index contributed by atoms with van der Waals surface area (Å²) < 4.78 is 1.55. The van der Waals surface area contributed by atoms with E-state index in [1.165, 1.54) is 5.56 Å². The quantitative estimate of drug-likeness (QED) is 0.735. The minimum Gasteiger partial charge on any atom is -0.335 e. The molecular formula is C19H21N5O. The summed E-state index contributed by atoms with van der Waals surface area (Å²) >= 11 is 0. The molecule has 1 aromatic carbocycles. The van der Waals surface area contributed by atoms with Crippen LogP contribution in [0, 0.1) is 0 Å². The van der Waals surface area contributed by atoms with E-state index in [9.17, 15) is 4.79 Å². The van der Waals surface area contributed by atoms with Gasteiger partial charge in [0.15, 0.2) is 5.65 Å². The van der Waals surface area contributed by atoms with Gasteiger partial charge in [-0.1, -0.05) is 37.3 Å². The van der Waals surface area contributed by atoms with Crippen LogP contribution in [0.1, 0.15) is 48.0 Å². The Labute approximate surface area is 146 Å². The number of aromatic nitrogens is 4. The summed E-state index contributed by atoms with van der Waals surface area (Å²) in [7, 11) is 0. The Bertz CT molecular complexity index is 876. The smallest absolute Gasteiger partial charge is 0.255 e. The molecule has 6 nitrogen and oxygen atoms in total. The standard InChI is InChI=1S/C19H21N5O/c1-2-16(14-7-4-3-5-8-14)17-9-6-12-23(17)19(25)15-10-11-18-20-21-22-24(18)13-15/h3-5,7-8,10-11,13,16-17H,2,6,9,12H2,1H3. The Balaban J connectivity index is 1.62. The molecule has 25 heavy (non-hydrogen) atoms. The lowest BCUT2D eigenvalue weighted by Gasteiger charge is -2.31. The molecular weight excluding hydrogens is 314 g/mol. The zero-order chi connectivity index (χ0) is 17.2. The van der Waals surface area contributed by atoms with Gasteiger partial charge in [-0.05, 0) is 47.4 Å². The highest BCUT2D eigenvalue weighted by molar-refractivity contribution is 5.94. The summed E-state index contributed by atoms with van der Waals surface area (Å²) in [5.41, 5.74) is 2.59. The minimum absolute atomic E-state index is 0.0641. The maximum atomic E-state index is 13.1. The van der Waals surface area contributed by atoms with Gasteiger partial charge < -0.3 is 4.90 Å². The highest BCUT2D eigenvalue weighted by atomic mass is 16.2. The molecule has 1 saturated heterocycles. The molecule has 1 amide bonds. The largest absolute Gasteiger partial charge is 0.335 e. The first-order valence-electron chi connectivity index (χ1n) is 8.81. The van der Waals surface area contributed by atoms with Gasteiger partial charge in [-0.15, -0.1) is 5.10 Å². The lowest BCUT2D eigenvalue weighted by atomic mass is 9.87. The summed E-state index contributed by atoms with van der Waals surface area (Å²) in [5, 5.41) is 11.4. The number of rotatable bonds is 4. The van der Waals surface area contributed by atoms with Crippen molar-refractivity contribution in [2.24, 2.45) is 0 Å². The second-order valence-corrected chi connectivity index (χ2v) is 6.53. The van der Waals surface area contributed by atoms with E-state index < -0.39 is 0 Å². The molecule has 1 aliphatic heterocycles. The molecule has 1 fully saturated rings. The second kappa shape index (κ2) is 6.63. The number of carbonyl (C=O) groups is 1. The monoisotopic (exact) mass is 335 g/mol. The number of hydrogen-bond donors (Lipinski definition) is 0. The molecule has 0 N–H and O–H groups in total. The second-order valence-electron chi connectivity index (χ2n) is 6.53. The van der Waals surface area contributed by atoms with Gasteiger partial charge in [0.1, 0.15) is 0 Å². The highest BCUT2D eigenvalue weighted by Gasteiger charge is 2.35. The van der Waals surface area contributed by atoms with E-state index >= 15 is 0 Å². The van der Waals surface area contributed by atoms with Crippen LogP contribution in [-0.2, 0) is 0 Å². The number of benzene rings is 1. The van der Waals surface area contributed by atoms with Crippen molar-refractivity contribution in [2.45, 2.75) is 38.1 Å². The SMILES string of the molecule is CCC(c1ccccc1)C1CCCN1C(=O)c1ccc2nnnn2c1. The lowest BCUT2D eigenvalue weighted by Crippen LogP contribution is -2.39. The van der Waals surface area contributed by atoms with Gasteiger partial charge >= 0.3 is 0 Å². The molecule has 4 rings (SSSR count). The van der Waals surface area contributed by atoms with Crippen LogP contribution in [0.15, 0.2) is 48.7 Å². The van der Waals surface area contributed by atoms with Gasteiger partial charge in [0.2, 0.25) is 0 Å². The van der Waals surface area contributed by atoms with Crippen molar-refractivity contribution in [3.05, 3.63) is 59.8 Å². The van der Waals surface area contributed by atoms with Crippen molar-refractivity contribution in [1.82, 2.24) is 24.9 Å². The average molecular weight is 335 g/mol. The summed E-state index contributed by atoms with van der Waals surface area (Å²) in [6.07, 6.45) is 4.83. The molecule has 2 aromatic heterocycles. The third kappa shape index (κ3) is 2.88. The fraction of sp³-hybridized carbons (Fsp3) is 0.368. The van der Waals surface area contributed by atoms with Crippen LogP contribution in [0.25, 0.3) is 5.65 Å². The Morgan fingerprint density at radius 3 is 2.88 bits per heavy atom. The van der Waals surface area contributed by atoms with Gasteiger partial charge in [0, 0.05) is 24.7 Å². The molecule has 2 unspecified atom stereocenters. The number of tetrazole rings is 1. The first-order chi connectivity index (χ1) is 12.3. The van der Waals surface area contributed by atoms with Crippen molar-refractivity contribution >= 4 is 11.6 Å². The van der Waals surface area contributed by atoms with E-state index in [4.69, 9.17) is 0 Å². The maximum Gasteiger partial charge on any atom is 0.255 e. The Morgan fingerprint density at radius 1 is 1.24 bits per heavy atom. The van der Waals surface area contributed by atoms with Crippen LogP contribution in [-0.4, -0.2) is 43.4 Å². The van der Waals surface area contributed by atoms with E-state index in [0.29, 0.717) is 17.1 Å². The average Bonchev–Trinajstić information content (AvgIpc) is 3.31. The first kappa shape index (κ1) is 15.7. The van der Waals surface area contributed by atoms with Crippen LogP contribution >= 0.6 is 0 Å². The van der Waals surface area contributed by atoms with Crippen molar-refractivity contribution < 1.29 is 4.79 Å². The molecule has 2 atom stereocenters. The molecule has 3 aromatic rings. The van der Waals surface area contributed by atoms with Gasteiger partial charge in [-0.2, -0.15) is 4.52 Å². The molecule has 0 spiro atoms. The number of fused-ring (bicyclic) bond motifs is 1. The predicted octanol–water partition coefficient (Wildman–Crippen LogP) is 2.92. The van der Waals surface area contributed by atoms with Gasteiger partial charge in [-0.3, -0.25) is 4.79 Å². The summed E-state index contributed by atoms with van der Waals surface area (Å²) in [5.74, 6) is 0.429. The molecule has 0 radical (unpaired) electrons. The molecule has 3 heterocycles. The third-order valence-electron chi connectivity index (χ3n) is 5.13. The molecule has 128 valence electrons. The van der Waals surface area contributed by atoms with E-state index in [0.717, 1.165) is 25.8 Å². The third-order valence-corrected chi connectivity index (χ3v) is 5.13. The molecule has 0 saturated carbocycles. The maximum absolute atomic E-state index is 13.1. The van der Waals surface area contributed by atoms with Crippen molar-refractivity contribution in [1.29, 1.82) is 0 Å². The lowest BCUT2D eigenvalue weighted by molar-refractivity contribution is 0.0714. The van der Waals surface area contributed by atoms with Crippen LogP contribution in [0.3, 0.4) is 0 Å². The number of carbonyl (C=O) groups excluding carboxylic acids is 1. The van der Waals surface area contributed by atoms with Crippen LogP contribution in [0.2, 0.25) is 0 Å². The minimum atomic E-state index is 0.0641. The van der Waals surface area contributed by atoms with E-state index in [1.54, 1.807) is 16.8 Å². The number of amides is 1. The Kier molecular flexibility index (Phi) is 4.17. The number of hydrogen-bond acceptors (Lipinski definition) is 4. The molecule has 1 aliphatic rings. The van der Waals surface area contributed by atoms with E-state index in [1.807, 2.05) is 17.0 Å². The summed E-state index contributed by atoms with van der Waals surface area (Å²) in [4.78, 5) is 15.2. The van der Waals surface area contributed by atoms with Crippen molar-refractivity contribution in [3.63, 3.8) is 0 Å². The van der Waals surface area contributed by atoms with Crippen LogP contribution < -0.4 is 0 Å². The first-order valence-corrected chi connectivity index (χ1v) is 8.81. The van der Waals surface area contributed by atoms with Crippen LogP contribution in [0.4, 0.5) is 0 Å². The topological polar surface area (TPSA) is 63.4 Å². The summed E-state index contributed by atoms with van der Waals surface area (Å²) in [6.45, 7) is 3.01. The summed E-state index contributed by atoms with van der Waals surface area (Å²) in [6, 6.07) is 14.4. The van der Waals surface area contributed by atoms with Crippen molar-refractivity contribution in [2.75, 3.05) is 6.54 Å². The molecule has 0 aliphatic carbocycles.